The lowest BCUT2D eigenvalue weighted by atomic mass is 10.1. The third kappa shape index (κ3) is 4.32. The third-order valence-corrected chi connectivity index (χ3v) is 3.43. The molecule has 23 heavy (non-hydrogen) atoms. The monoisotopic (exact) mass is 312 g/mol. The molecule has 2 N–H and O–H groups in total. The minimum atomic E-state index is -0.309. The molecule has 0 saturated carbocycles. The summed E-state index contributed by atoms with van der Waals surface area (Å²) in [5.74, 6) is -0.000489. The molecule has 0 aromatic heterocycles. The van der Waals surface area contributed by atoms with Gasteiger partial charge in [-0.2, -0.15) is 0 Å². The fourth-order valence-corrected chi connectivity index (χ4v) is 2.20. The molecule has 2 aromatic rings. The van der Waals surface area contributed by atoms with Gasteiger partial charge < -0.3 is 15.4 Å². The number of amides is 2. The van der Waals surface area contributed by atoms with E-state index in [-0.39, 0.29) is 18.4 Å². The lowest BCUT2D eigenvalue weighted by Gasteiger charge is -2.12. The van der Waals surface area contributed by atoms with E-state index in [1.54, 1.807) is 25.3 Å². The lowest BCUT2D eigenvalue weighted by Crippen LogP contribution is -2.33. The van der Waals surface area contributed by atoms with E-state index in [1.165, 1.54) is 0 Å². The Kier molecular flexibility index (Phi) is 5.36. The maximum Gasteiger partial charge on any atom is 0.251 e. The van der Waals surface area contributed by atoms with Crippen molar-refractivity contribution in [3.63, 3.8) is 0 Å². The number of nitrogens with one attached hydrogen (secondary N) is 2. The molecule has 0 saturated heterocycles. The van der Waals surface area contributed by atoms with Gasteiger partial charge in [-0.25, -0.2) is 0 Å². The molecule has 0 heterocycles. The highest BCUT2D eigenvalue weighted by atomic mass is 16.5. The van der Waals surface area contributed by atoms with Crippen LogP contribution in [0.1, 0.15) is 21.5 Å². The molecule has 0 unspecified atom stereocenters. The highest BCUT2D eigenvalue weighted by Gasteiger charge is 2.11. The largest absolute Gasteiger partial charge is 0.495 e. The van der Waals surface area contributed by atoms with Crippen molar-refractivity contribution in [2.45, 2.75) is 13.8 Å². The number of rotatable bonds is 5. The van der Waals surface area contributed by atoms with Gasteiger partial charge >= 0.3 is 0 Å². The topological polar surface area (TPSA) is 67.4 Å². The van der Waals surface area contributed by atoms with Crippen molar-refractivity contribution in [1.82, 2.24) is 5.32 Å². The number of benzene rings is 2. The van der Waals surface area contributed by atoms with Crippen LogP contribution in [0.3, 0.4) is 0 Å². The maximum absolute atomic E-state index is 12.1. The summed E-state index contributed by atoms with van der Waals surface area (Å²) in [6, 6.07) is 12.7. The summed E-state index contributed by atoms with van der Waals surface area (Å²) in [4.78, 5) is 24.1. The molecule has 0 aliphatic rings. The van der Waals surface area contributed by atoms with Crippen LogP contribution in [0, 0.1) is 13.8 Å². The molecule has 2 amide bonds. The summed E-state index contributed by atoms with van der Waals surface area (Å²) in [5.41, 5.74) is 3.02. The first-order valence-corrected chi connectivity index (χ1v) is 7.29. The van der Waals surface area contributed by atoms with Crippen molar-refractivity contribution in [3.05, 3.63) is 59.2 Å². The van der Waals surface area contributed by atoms with E-state index in [0.717, 1.165) is 11.1 Å². The van der Waals surface area contributed by atoms with E-state index in [9.17, 15) is 9.59 Å². The maximum atomic E-state index is 12.1. The first kappa shape index (κ1) is 16.5. The molecule has 0 aliphatic heterocycles. The predicted molar refractivity (Wildman–Crippen MR) is 89.9 cm³/mol. The van der Waals surface area contributed by atoms with Gasteiger partial charge in [-0.3, -0.25) is 9.59 Å². The van der Waals surface area contributed by atoms with Gasteiger partial charge in [-0.1, -0.05) is 24.3 Å². The fourth-order valence-electron chi connectivity index (χ4n) is 2.20. The molecule has 5 heteroatoms. The molecule has 120 valence electrons. The van der Waals surface area contributed by atoms with E-state index >= 15 is 0 Å². The number of methoxy groups -OCH3 is 1. The van der Waals surface area contributed by atoms with Crippen molar-refractivity contribution < 1.29 is 14.3 Å². The van der Waals surface area contributed by atoms with Crippen molar-refractivity contribution >= 4 is 17.5 Å². The zero-order valence-electron chi connectivity index (χ0n) is 13.5. The summed E-state index contributed by atoms with van der Waals surface area (Å²) in [6.45, 7) is 3.67. The van der Waals surface area contributed by atoms with E-state index in [0.29, 0.717) is 17.0 Å². The van der Waals surface area contributed by atoms with E-state index in [2.05, 4.69) is 10.6 Å². The van der Waals surface area contributed by atoms with Crippen LogP contribution in [-0.4, -0.2) is 25.5 Å². The van der Waals surface area contributed by atoms with Crippen LogP contribution in [0.2, 0.25) is 0 Å². The van der Waals surface area contributed by atoms with E-state index < -0.39 is 0 Å². The van der Waals surface area contributed by atoms with Crippen molar-refractivity contribution in [1.29, 1.82) is 0 Å². The summed E-state index contributed by atoms with van der Waals surface area (Å²) in [6.07, 6.45) is 0. The Hall–Kier alpha value is -2.82. The summed E-state index contributed by atoms with van der Waals surface area (Å²) in [5, 5.41) is 5.37. The Morgan fingerprint density at radius 1 is 1.09 bits per heavy atom. The number of hydrogen-bond donors (Lipinski definition) is 2. The number of aryl methyl sites for hydroxylation is 2. The van der Waals surface area contributed by atoms with Gasteiger partial charge in [-0.15, -0.1) is 0 Å². The number of anilines is 1. The van der Waals surface area contributed by atoms with Gasteiger partial charge in [0.25, 0.3) is 5.91 Å². The third-order valence-electron chi connectivity index (χ3n) is 3.43. The van der Waals surface area contributed by atoms with Crippen LogP contribution >= 0.6 is 0 Å². The van der Waals surface area contributed by atoms with Gasteiger partial charge in [0.2, 0.25) is 5.91 Å². The SMILES string of the molecule is COc1ccc(C)cc1NC(=O)CNC(=O)c1ccccc1C. The molecular formula is C18H20N2O3. The number of hydrogen-bond acceptors (Lipinski definition) is 3. The summed E-state index contributed by atoms with van der Waals surface area (Å²) in [7, 11) is 1.54. The average molecular weight is 312 g/mol. The molecule has 0 radical (unpaired) electrons. The first-order chi connectivity index (χ1) is 11.0. The number of carbonyl (C=O) groups is 2. The van der Waals surface area contributed by atoms with Crippen molar-refractivity contribution in [2.75, 3.05) is 19.0 Å². The van der Waals surface area contributed by atoms with Gasteiger partial charge in [0.05, 0.1) is 19.3 Å². The minimum Gasteiger partial charge on any atom is -0.495 e. The molecule has 2 rings (SSSR count). The smallest absolute Gasteiger partial charge is 0.251 e. The average Bonchev–Trinajstić information content (AvgIpc) is 2.53. The van der Waals surface area contributed by atoms with E-state index in [1.807, 2.05) is 38.1 Å². The lowest BCUT2D eigenvalue weighted by molar-refractivity contribution is -0.115. The van der Waals surface area contributed by atoms with Crippen LogP contribution in [-0.2, 0) is 4.79 Å². The molecule has 0 bridgehead atoms. The summed E-state index contributed by atoms with van der Waals surface area (Å²) >= 11 is 0. The quantitative estimate of drug-likeness (QED) is 0.892. The zero-order chi connectivity index (χ0) is 16.8. The van der Waals surface area contributed by atoms with Crippen molar-refractivity contribution in [2.24, 2.45) is 0 Å². The summed E-state index contributed by atoms with van der Waals surface area (Å²) < 4.78 is 5.21. The molecular weight excluding hydrogens is 292 g/mol. The highest BCUT2D eigenvalue weighted by Crippen LogP contribution is 2.24. The molecule has 2 aromatic carbocycles. The van der Waals surface area contributed by atoms with Crippen LogP contribution in [0.5, 0.6) is 5.75 Å². The van der Waals surface area contributed by atoms with Gasteiger partial charge in [0, 0.05) is 5.56 Å². The fraction of sp³-hybridized carbons (Fsp3) is 0.222. The van der Waals surface area contributed by atoms with Gasteiger partial charge in [0.1, 0.15) is 5.75 Å². The number of carbonyl (C=O) groups excluding carboxylic acids is 2. The van der Waals surface area contributed by atoms with Gasteiger partial charge in [-0.05, 0) is 43.2 Å². The Labute approximate surface area is 135 Å². The van der Waals surface area contributed by atoms with E-state index in [4.69, 9.17) is 4.74 Å². The molecule has 0 fully saturated rings. The van der Waals surface area contributed by atoms with Gasteiger partial charge in [0.15, 0.2) is 0 Å². The molecule has 5 nitrogen and oxygen atoms in total. The highest BCUT2D eigenvalue weighted by molar-refractivity contribution is 6.00. The second kappa shape index (κ2) is 7.45. The van der Waals surface area contributed by atoms with Crippen LogP contribution in [0.15, 0.2) is 42.5 Å². The van der Waals surface area contributed by atoms with Crippen LogP contribution < -0.4 is 15.4 Å². The minimum absolute atomic E-state index is 0.107. The normalized spacial score (nSPS) is 10.0. The Bertz CT molecular complexity index is 726. The zero-order valence-corrected chi connectivity index (χ0v) is 13.5. The Morgan fingerprint density at radius 2 is 1.83 bits per heavy atom. The molecule has 0 atom stereocenters. The Morgan fingerprint density at radius 3 is 2.52 bits per heavy atom. The second-order valence-electron chi connectivity index (χ2n) is 5.25. The first-order valence-electron chi connectivity index (χ1n) is 7.29. The number of ether oxygens (including phenoxy) is 1. The Balaban J connectivity index is 1.97. The molecule has 0 spiro atoms. The van der Waals surface area contributed by atoms with Crippen molar-refractivity contribution in [3.8, 4) is 5.75 Å². The molecule has 0 aliphatic carbocycles. The predicted octanol–water partition coefficient (Wildman–Crippen LogP) is 2.68. The standard InChI is InChI=1S/C18H20N2O3/c1-12-8-9-16(23-3)15(10-12)20-17(21)11-19-18(22)14-7-5-4-6-13(14)2/h4-10H,11H2,1-3H3,(H,19,22)(H,20,21). The van der Waals surface area contributed by atoms with Crippen LogP contribution in [0.25, 0.3) is 0 Å². The van der Waals surface area contributed by atoms with Crippen LogP contribution in [0.4, 0.5) is 5.69 Å². The second-order valence-corrected chi connectivity index (χ2v) is 5.25.